The molecular formula is C32H49N7O10. The van der Waals surface area contributed by atoms with Gasteiger partial charge in [-0.3, -0.25) is 43.3 Å². The molecule has 0 spiro atoms. The lowest BCUT2D eigenvalue weighted by molar-refractivity contribution is -0.141. The maximum absolute atomic E-state index is 12.9. The molecule has 17 heteroatoms. The topological polar surface area (TPSA) is 244 Å². The zero-order valence-electron chi connectivity index (χ0n) is 28.1. The maximum Gasteiger partial charge on any atom is 0.243 e. The van der Waals surface area contributed by atoms with Gasteiger partial charge < -0.3 is 41.8 Å². The maximum atomic E-state index is 12.9. The molecule has 0 aliphatic carbocycles. The van der Waals surface area contributed by atoms with Crippen molar-refractivity contribution in [1.82, 2.24) is 31.5 Å². The Morgan fingerprint density at radius 3 is 2.12 bits per heavy atom. The number of carbonyl (C=O) groups excluding carboxylic acids is 8. The van der Waals surface area contributed by atoms with Crippen LogP contribution in [0, 0.1) is 5.92 Å². The molecule has 1 aromatic carbocycles. The van der Waals surface area contributed by atoms with E-state index in [2.05, 4.69) is 26.6 Å². The van der Waals surface area contributed by atoms with E-state index in [4.69, 9.17) is 15.2 Å². The highest BCUT2D eigenvalue weighted by atomic mass is 16.5. The number of hydrogen-bond donors (Lipinski definition) is 6. The molecule has 7 N–H and O–H groups in total. The number of unbranched alkanes of at least 4 members (excludes halogenated alkanes) is 2. The van der Waals surface area contributed by atoms with Crippen molar-refractivity contribution in [2.75, 3.05) is 52.7 Å². The van der Waals surface area contributed by atoms with E-state index in [-0.39, 0.29) is 70.2 Å². The predicted molar refractivity (Wildman–Crippen MR) is 176 cm³/mol. The smallest absolute Gasteiger partial charge is 0.243 e. The van der Waals surface area contributed by atoms with Gasteiger partial charge in [0.1, 0.15) is 19.4 Å². The number of ether oxygens (including phenoxy) is 2. The first-order chi connectivity index (χ1) is 23.5. The van der Waals surface area contributed by atoms with Crippen LogP contribution in [-0.4, -0.2) is 111 Å². The molecule has 272 valence electrons. The molecule has 0 radical (unpaired) electrons. The Labute approximate surface area is 285 Å². The molecule has 0 saturated carbocycles. The first-order valence-corrected chi connectivity index (χ1v) is 16.1. The largest absolute Gasteiger partial charge is 0.369 e. The van der Waals surface area contributed by atoms with E-state index in [1.807, 2.05) is 6.92 Å². The number of benzene rings is 1. The summed E-state index contributed by atoms with van der Waals surface area (Å²) in [7, 11) is 0. The minimum atomic E-state index is -1.07. The van der Waals surface area contributed by atoms with Crippen molar-refractivity contribution in [3.8, 4) is 0 Å². The molecular weight excluding hydrogens is 642 g/mol. The highest BCUT2D eigenvalue weighted by molar-refractivity contribution is 5.93. The van der Waals surface area contributed by atoms with Crippen molar-refractivity contribution in [2.24, 2.45) is 11.7 Å². The van der Waals surface area contributed by atoms with Gasteiger partial charge in [-0.15, -0.1) is 0 Å². The molecule has 0 heterocycles. The van der Waals surface area contributed by atoms with Gasteiger partial charge in [0.25, 0.3) is 0 Å². The third-order valence-electron chi connectivity index (χ3n) is 6.98. The monoisotopic (exact) mass is 691 g/mol. The second-order valence-corrected chi connectivity index (χ2v) is 11.0. The molecule has 0 aromatic heterocycles. The average molecular weight is 692 g/mol. The van der Waals surface area contributed by atoms with Crippen LogP contribution in [0.4, 0.5) is 0 Å². The Kier molecular flexibility index (Phi) is 21.6. The van der Waals surface area contributed by atoms with Gasteiger partial charge in [0.05, 0.1) is 32.8 Å². The Hall–Kier alpha value is -4.90. The average Bonchev–Trinajstić information content (AvgIpc) is 3.09. The summed E-state index contributed by atoms with van der Waals surface area (Å²) in [6.45, 7) is 2.47. The van der Waals surface area contributed by atoms with Gasteiger partial charge in [0.15, 0.2) is 0 Å². The van der Waals surface area contributed by atoms with E-state index in [0.29, 0.717) is 32.1 Å². The molecule has 17 nitrogen and oxygen atoms in total. The fourth-order valence-electron chi connectivity index (χ4n) is 4.08. The molecule has 0 saturated heterocycles. The molecule has 1 rings (SSSR count). The van der Waals surface area contributed by atoms with Gasteiger partial charge >= 0.3 is 0 Å². The third-order valence-corrected chi connectivity index (χ3v) is 6.98. The summed E-state index contributed by atoms with van der Waals surface area (Å²) < 4.78 is 10.1. The van der Waals surface area contributed by atoms with E-state index in [1.54, 1.807) is 37.3 Å². The highest BCUT2D eigenvalue weighted by Crippen LogP contribution is 2.08. The molecule has 49 heavy (non-hydrogen) atoms. The van der Waals surface area contributed by atoms with Gasteiger partial charge in [-0.1, -0.05) is 50.6 Å². The fraction of sp³-hybridized carbons (Fsp3) is 0.562. The Morgan fingerprint density at radius 1 is 0.816 bits per heavy atom. The van der Waals surface area contributed by atoms with Crippen LogP contribution in [0.5, 0.6) is 0 Å². The predicted octanol–water partition coefficient (Wildman–Crippen LogP) is -1.75. The summed E-state index contributed by atoms with van der Waals surface area (Å²) in [5.74, 6) is -3.91. The highest BCUT2D eigenvalue weighted by Gasteiger charge is 2.22. The minimum Gasteiger partial charge on any atom is -0.369 e. The Balaban J connectivity index is 2.41. The second-order valence-electron chi connectivity index (χ2n) is 11.0. The van der Waals surface area contributed by atoms with Crippen LogP contribution in [-0.2, 0) is 54.3 Å². The summed E-state index contributed by atoms with van der Waals surface area (Å²) in [5, 5.41) is 12.3. The van der Waals surface area contributed by atoms with E-state index < -0.39 is 48.7 Å². The number of rotatable bonds is 26. The molecule has 1 unspecified atom stereocenters. The van der Waals surface area contributed by atoms with E-state index in [9.17, 15) is 38.4 Å². The number of hydrogen-bond acceptors (Lipinski definition) is 10. The lowest BCUT2D eigenvalue weighted by Crippen LogP contribution is -2.52. The van der Waals surface area contributed by atoms with Crippen molar-refractivity contribution < 1.29 is 47.8 Å². The van der Waals surface area contributed by atoms with Gasteiger partial charge in [-0.2, -0.15) is 0 Å². The lowest BCUT2D eigenvalue weighted by Gasteiger charge is -2.19. The third kappa shape index (κ3) is 20.2. The Bertz CT molecular complexity index is 1230. The van der Waals surface area contributed by atoms with E-state index in [0.717, 1.165) is 10.5 Å². The number of primary amides is 1. The molecule has 0 aliphatic rings. The summed E-state index contributed by atoms with van der Waals surface area (Å²) in [6, 6.07) is 7.80. The van der Waals surface area contributed by atoms with E-state index >= 15 is 0 Å². The first-order valence-electron chi connectivity index (χ1n) is 16.1. The molecule has 8 amide bonds. The van der Waals surface area contributed by atoms with Crippen LogP contribution in [0.3, 0.4) is 0 Å². The molecule has 0 aliphatic heterocycles. The summed E-state index contributed by atoms with van der Waals surface area (Å²) in [5.41, 5.74) is 5.69. The zero-order valence-corrected chi connectivity index (χ0v) is 28.1. The molecule has 0 fully saturated rings. The quantitative estimate of drug-likeness (QED) is 0.0363. The lowest BCUT2D eigenvalue weighted by atomic mass is 10.1. The normalized spacial score (nSPS) is 11.7. The van der Waals surface area contributed by atoms with Gasteiger partial charge in [-0.25, -0.2) is 0 Å². The number of amides is 8. The number of imide groups is 1. The molecule has 0 bridgehead atoms. The van der Waals surface area contributed by atoms with E-state index in [1.165, 1.54) is 0 Å². The van der Waals surface area contributed by atoms with Crippen molar-refractivity contribution in [3.05, 3.63) is 35.9 Å². The number of nitrogens with zero attached hydrogens (tertiary/aromatic N) is 1. The number of nitrogens with one attached hydrogen (secondary N) is 5. The fourth-order valence-corrected chi connectivity index (χ4v) is 4.08. The van der Waals surface area contributed by atoms with Gasteiger partial charge in [0, 0.05) is 25.3 Å². The van der Waals surface area contributed by atoms with Crippen molar-refractivity contribution >= 4 is 47.8 Å². The van der Waals surface area contributed by atoms with Gasteiger partial charge in [0.2, 0.25) is 47.8 Å². The van der Waals surface area contributed by atoms with Crippen molar-refractivity contribution in [2.45, 2.75) is 58.4 Å². The minimum absolute atomic E-state index is 0.0973. The van der Waals surface area contributed by atoms with Crippen LogP contribution in [0.1, 0.15) is 51.5 Å². The first kappa shape index (κ1) is 42.1. The van der Waals surface area contributed by atoms with Crippen molar-refractivity contribution in [3.63, 3.8) is 0 Å². The summed E-state index contributed by atoms with van der Waals surface area (Å²) >= 11 is 0. The van der Waals surface area contributed by atoms with Crippen LogP contribution in [0.25, 0.3) is 0 Å². The molecule has 2 atom stereocenters. The van der Waals surface area contributed by atoms with Crippen LogP contribution in [0.15, 0.2) is 30.3 Å². The second kappa shape index (κ2) is 25.2. The Morgan fingerprint density at radius 2 is 1.45 bits per heavy atom. The SMILES string of the molecule is CCC(C)C(=O)N(C=O)CCCCCC(=O)NCC(=O)NCC(=O)N[C@@H](Cc1ccccc1)C(=O)NCC(=O)NCOCCOCC(N)=O. The van der Waals surface area contributed by atoms with Gasteiger partial charge in [-0.05, 0) is 24.8 Å². The zero-order chi connectivity index (χ0) is 36.4. The van der Waals surface area contributed by atoms with Crippen LogP contribution in [0.2, 0.25) is 0 Å². The van der Waals surface area contributed by atoms with Crippen molar-refractivity contribution in [1.29, 1.82) is 0 Å². The number of carbonyl (C=O) groups is 8. The standard InChI is InChI=1S/C32H49N7O10/c1-3-23(2)32(47)39(22-40)13-9-5-8-12-27(42)34-17-28(43)35-19-30(45)38-25(16-24-10-6-4-7-11-24)31(46)36-18-29(44)37-21-49-15-14-48-20-26(33)41/h4,6-7,10-11,22-23,25H,3,5,8-9,12-21H2,1-2H3,(H2,33,41)(H,34,42)(H,35,43)(H,36,46)(H,37,44)(H,38,45)/t23?,25-/m0/s1. The molecule has 1 aromatic rings. The van der Waals surface area contributed by atoms with Crippen LogP contribution >= 0.6 is 0 Å². The summed E-state index contributed by atoms with van der Waals surface area (Å²) in [6.07, 6.45) is 3.06. The summed E-state index contributed by atoms with van der Waals surface area (Å²) in [4.78, 5) is 97.0. The number of nitrogens with two attached hydrogens (primary N) is 1. The van der Waals surface area contributed by atoms with Crippen LogP contribution < -0.4 is 32.3 Å².